The normalized spacial score (nSPS) is 11.6. The first-order chi connectivity index (χ1) is 15.7. The zero-order valence-electron chi connectivity index (χ0n) is 17.2. The Balaban J connectivity index is 1.88. The Bertz CT molecular complexity index is 1470. The molecule has 0 spiro atoms. The fourth-order valence-electron chi connectivity index (χ4n) is 3.82. The van der Waals surface area contributed by atoms with Gasteiger partial charge in [0.05, 0.1) is 10.9 Å². The largest absolute Gasteiger partial charge is 0.455 e. The first-order valence-corrected chi connectivity index (χ1v) is 10.7. The zero-order valence-corrected chi connectivity index (χ0v) is 17.9. The molecule has 0 saturated heterocycles. The van der Waals surface area contributed by atoms with Crippen LogP contribution >= 0.6 is 11.6 Å². The minimum absolute atomic E-state index is 0.0668. The van der Waals surface area contributed by atoms with Gasteiger partial charge in [0, 0.05) is 10.6 Å². The van der Waals surface area contributed by atoms with Crippen molar-refractivity contribution in [1.29, 1.82) is 0 Å². The Hall–Kier alpha value is -3.88. The summed E-state index contributed by atoms with van der Waals surface area (Å²) < 4.78 is 6.36. The maximum absolute atomic E-state index is 13.9. The van der Waals surface area contributed by atoms with Crippen LogP contribution in [0.3, 0.4) is 0 Å². The highest BCUT2D eigenvalue weighted by atomic mass is 35.5. The van der Waals surface area contributed by atoms with E-state index in [4.69, 9.17) is 16.0 Å². The van der Waals surface area contributed by atoms with Gasteiger partial charge in [-0.1, -0.05) is 96.5 Å². The van der Waals surface area contributed by atoms with Gasteiger partial charge in [-0.15, -0.1) is 0 Å². The number of fused-ring (bicyclic) bond motifs is 1. The molecular weight excluding hydrogens is 416 g/mol. The molecule has 2 nitrogen and oxygen atoms in total. The average Bonchev–Trinajstić information content (AvgIpc) is 2.85. The lowest BCUT2D eigenvalue weighted by Gasteiger charge is -2.14. The number of benzene rings is 4. The van der Waals surface area contributed by atoms with Gasteiger partial charge in [-0.25, -0.2) is 0 Å². The molecule has 0 aliphatic rings. The van der Waals surface area contributed by atoms with Crippen molar-refractivity contribution in [3.05, 3.63) is 141 Å². The van der Waals surface area contributed by atoms with Crippen molar-refractivity contribution >= 4 is 34.2 Å². The van der Waals surface area contributed by atoms with Crippen molar-refractivity contribution in [2.75, 3.05) is 0 Å². The van der Waals surface area contributed by atoms with E-state index < -0.39 is 0 Å². The third-order valence-electron chi connectivity index (χ3n) is 5.37. The van der Waals surface area contributed by atoms with Crippen molar-refractivity contribution in [1.82, 2.24) is 0 Å². The number of hydrogen-bond donors (Lipinski definition) is 0. The van der Waals surface area contributed by atoms with E-state index in [9.17, 15) is 4.79 Å². The van der Waals surface area contributed by atoms with Gasteiger partial charge in [0.2, 0.25) is 5.43 Å². The van der Waals surface area contributed by atoms with Gasteiger partial charge >= 0.3 is 0 Å². The maximum Gasteiger partial charge on any atom is 0.201 e. The monoisotopic (exact) mass is 434 g/mol. The predicted molar refractivity (Wildman–Crippen MR) is 133 cm³/mol. The number of hydrogen-bond acceptors (Lipinski definition) is 2. The van der Waals surface area contributed by atoms with E-state index in [-0.39, 0.29) is 5.43 Å². The van der Waals surface area contributed by atoms with Crippen molar-refractivity contribution < 1.29 is 4.42 Å². The van der Waals surface area contributed by atoms with Crippen molar-refractivity contribution in [2.24, 2.45) is 0 Å². The second kappa shape index (κ2) is 8.70. The van der Waals surface area contributed by atoms with Crippen molar-refractivity contribution in [2.45, 2.75) is 0 Å². The van der Waals surface area contributed by atoms with Gasteiger partial charge in [0.25, 0.3) is 0 Å². The van der Waals surface area contributed by atoms with Gasteiger partial charge in [-0.05, 0) is 47.0 Å². The molecular formula is C29H19ClO2. The Labute approximate surface area is 191 Å². The van der Waals surface area contributed by atoms with E-state index in [2.05, 4.69) is 0 Å². The van der Waals surface area contributed by atoms with Gasteiger partial charge in [0.15, 0.2) is 0 Å². The summed E-state index contributed by atoms with van der Waals surface area (Å²) in [7, 11) is 0. The SMILES string of the molecule is O=c1c(/C(=C/c2ccccc2)c2ccc(Cl)cc2)c(-c2ccccc2)oc2ccccc12. The van der Waals surface area contributed by atoms with E-state index in [0.717, 1.165) is 22.3 Å². The molecule has 3 heteroatoms. The topological polar surface area (TPSA) is 30.2 Å². The molecule has 0 bridgehead atoms. The van der Waals surface area contributed by atoms with Gasteiger partial charge < -0.3 is 4.42 Å². The first kappa shape index (κ1) is 20.0. The molecule has 5 rings (SSSR count). The summed E-state index contributed by atoms with van der Waals surface area (Å²) in [6.45, 7) is 0. The molecule has 0 unspecified atom stereocenters. The molecule has 0 N–H and O–H groups in total. The van der Waals surface area contributed by atoms with Crippen LogP contribution in [-0.4, -0.2) is 0 Å². The molecule has 32 heavy (non-hydrogen) atoms. The lowest BCUT2D eigenvalue weighted by atomic mass is 9.91. The van der Waals surface area contributed by atoms with Gasteiger partial charge in [-0.3, -0.25) is 4.79 Å². The Kier molecular flexibility index (Phi) is 5.45. The summed E-state index contributed by atoms with van der Waals surface area (Å²) in [5, 5.41) is 1.19. The molecule has 1 aromatic heterocycles. The smallest absolute Gasteiger partial charge is 0.201 e. The zero-order chi connectivity index (χ0) is 21.9. The number of rotatable bonds is 4. The van der Waals surface area contributed by atoms with E-state index in [1.807, 2.05) is 109 Å². The van der Waals surface area contributed by atoms with E-state index in [0.29, 0.717) is 27.3 Å². The Morgan fingerprint density at radius 3 is 2.06 bits per heavy atom. The quantitative estimate of drug-likeness (QED) is 0.271. The fraction of sp³-hybridized carbons (Fsp3) is 0. The van der Waals surface area contributed by atoms with Crippen LogP contribution in [0.25, 0.3) is 33.9 Å². The Morgan fingerprint density at radius 2 is 1.34 bits per heavy atom. The summed E-state index contributed by atoms with van der Waals surface area (Å²) in [6.07, 6.45) is 2.02. The average molecular weight is 435 g/mol. The minimum Gasteiger partial charge on any atom is -0.455 e. The highest BCUT2D eigenvalue weighted by molar-refractivity contribution is 6.30. The van der Waals surface area contributed by atoms with Crippen LogP contribution in [0.15, 0.2) is 118 Å². The van der Waals surface area contributed by atoms with Crippen molar-refractivity contribution in [3.8, 4) is 11.3 Å². The molecule has 0 atom stereocenters. The van der Waals surface area contributed by atoms with Crippen LogP contribution in [0.5, 0.6) is 0 Å². The van der Waals surface area contributed by atoms with Crippen LogP contribution in [0.1, 0.15) is 16.7 Å². The summed E-state index contributed by atoms with van der Waals surface area (Å²) in [5.41, 5.74) is 4.53. The summed E-state index contributed by atoms with van der Waals surface area (Å²) in [5.74, 6) is 0.548. The molecule has 0 aliphatic carbocycles. The van der Waals surface area contributed by atoms with Crippen LogP contribution in [0, 0.1) is 0 Å². The maximum atomic E-state index is 13.9. The fourth-order valence-corrected chi connectivity index (χ4v) is 3.95. The van der Waals surface area contributed by atoms with E-state index in [1.54, 1.807) is 6.07 Å². The van der Waals surface area contributed by atoms with Crippen LogP contribution in [0.2, 0.25) is 5.02 Å². The van der Waals surface area contributed by atoms with Crippen LogP contribution in [-0.2, 0) is 0 Å². The van der Waals surface area contributed by atoms with E-state index >= 15 is 0 Å². The lowest BCUT2D eigenvalue weighted by molar-refractivity contribution is 0.617. The second-order valence-electron chi connectivity index (χ2n) is 7.47. The predicted octanol–water partition coefficient (Wildman–Crippen LogP) is 7.70. The standard InChI is InChI=1S/C29H19ClO2/c30-23-17-15-21(16-18-23)25(19-20-9-3-1-4-10-20)27-28(31)24-13-7-8-14-26(24)32-29(27)22-11-5-2-6-12-22/h1-19H/b25-19+. The molecule has 0 saturated carbocycles. The third-order valence-corrected chi connectivity index (χ3v) is 5.62. The molecule has 0 aliphatic heterocycles. The Morgan fingerprint density at radius 1 is 0.719 bits per heavy atom. The van der Waals surface area contributed by atoms with Crippen LogP contribution in [0.4, 0.5) is 0 Å². The number of halogens is 1. The minimum atomic E-state index is -0.0668. The summed E-state index contributed by atoms with van der Waals surface area (Å²) in [6, 6.07) is 34.6. The summed E-state index contributed by atoms with van der Waals surface area (Å²) >= 11 is 6.16. The lowest BCUT2D eigenvalue weighted by Crippen LogP contribution is -2.11. The summed E-state index contributed by atoms with van der Waals surface area (Å²) in [4.78, 5) is 13.9. The molecule has 154 valence electrons. The van der Waals surface area contributed by atoms with Gasteiger partial charge in [-0.2, -0.15) is 0 Å². The van der Waals surface area contributed by atoms with Crippen LogP contribution < -0.4 is 5.43 Å². The molecule has 0 amide bonds. The molecule has 0 fully saturated rings. The molecule has 0 radical (unpaired) electrons. The molecule has 4 aromatic carbocycles. The molecule has 5 aromatic rings. The highest BCUT2D eigenvalue weighted by Crippen LogP contribution is 2.34. The van der Waals surface area contributed by atoms with E-state index in [1.165, 1.54) is 0 Å². The van der Waals surface area contributed by atoms with Crippen molar-refractivity contribution in [3.63, 3.8) is 0 Å². The second-order valence-corrected chi connectivity index (χ2v) is 7.91. The number of para-hydroxylation sites is 1. The highest BCUT2D eigenvalue weighted by Gasteiger charge is 2.20. The molecule has 1 heterocycles. The van der Waals surface area contributed by atoms with Gasteiger partial charge in [0.1, 0.15) is 11.3 Å². The third kappa shape index (κ3) is 3.89. The first-order valence-electron chi connectivity index (χ1n) is 10.3.